The van der Waals surface area contributed by atoms with Crippen molar-refractivity contribution in [2.45, 2.75) is 51.7 Å². The summed E-state index contributed by atoms with van der Waals surface area (Å²) in [6.45, 7) is 4.04. The molecule has 18 heavy (non-hydrogen) atoms. The number of rotatable bonds is 4. The van der Waals surface area contributed by atoms with E-state index in [1.807, 2.05) is 26.0 Å². The zero-order valence-corrected chi connectivity index (χ0v) is 11.6. The molecule has 1 saturated carbocycles. The maximum atomic E-state index is 6.23. The largest absolute Gasteiger partial charge is 0.489 e. The maximum absolute atomic E-state index is 6.23. The lowest BCUT2D eigenvalue weighted by Gasteiger charge is -2.28. The van der Waals surface area contributed by atoms with Gasteiger partial charge in [0.05, 0.1) is 17.5 Å². The molecule has 1 aromatic rings. The van der Waals surface area contributed by atoms with Gasteiger partial charge in [0.2, 0.25) is 0 Å². The highest BCUT2D eigenvalue weighted by molar-refractivity contribution is 5.74. The van der Waals surface area contributed by atoms with Gasteiger partial charge in [0.15, 0.2) is 0 Å². The van der Waals surface area contributed by atoms with Crippen molar-refractivity contribution in [1.82, 2.24) is 0 Å². The van der Waals surface area contributed by atoms with E-state index in [1.54, 1.807) is 0 Å². The molecular formula is C15H24N2O. The average Bonchev–Trinajstić information content (AvgIpc) is 2.84. The van der Waals surface area contributed by atoms with Gasteiger partial charge in [-0.25, -0.2) is 0 Å². The summed E-state index contributed by atoms with van der Waals surface area (Å²) in [6, 6.07) is 6.68. The minimum absolute atomic E-state index is 0.152. The van der Waals surface area contributed by atoms with Crippen LogP contribution in [0.4, 0.5) is 11.4 Å². The molecule has 3 nitrogen and oxygen atoms in total. The van der Waals surface area contributed by atoms with Gasteiger partial charge in [0.25, 0.3) is 0 Å². The predicted molar refractivity (Wildman–Crippen MR) is 77.3 cm³/mol. The van der Waals surface area contributed by atoms with Crippen molar-refractivity contribution < 1.29 is 4.74 Å². The predicted octanol–water partition coefficient (Wildman–Crippen LogP) is 3.43. The van der Waals surface area contributed by atoms with Crippen molar-refractivity contribution in [3.05, 3.63) is 18.2 Å². The fraction of sp³-hybridized carbons (Fsp3) is 0.600. The van der Waals surface area contributed by atoms with Crippen LogP contribution in [0.5, 0.6) is 5.75 Å². The molecule has 1 aromatic carbocycles. The van der Waals surface area contributed by atoms with Crippen LogP contribution in [-0.2, 0) is 0 Å². The van der Waals surface area contributed by atoms with Crippen LogP contribution in [0, 0.1) is 0 Å². The molecule has 0 unspecified atom stereocenters. The Hall–Kier alpha value is -1.38. The molecule has 1 aliphatic carbocycles. The summed E-state index contributed by atoms with van der Waals surface area (Å²) in [5.74, 6) is 0.798. The van der Waals surface area contributed by atoms with Crippen LogP contribution in [0.3, 0.4) is 0 Å². The first kappa shape index (κ1) is 13.1. The van der Waals surface area contributed by atoms with E-state index in [1.165, 1.54) is 25.7 Å². The topological polar surface area (TPSA) is 38.5 Å². The molecule has 2 N–H and O–H groups in total. The molecule has 0 atom stereocenters. The monoisotopic (exact) mass is 248 g/mol. The number of ether oxygens (including phenoxy) is 1. The molecule has 0 heterocycles. The van der Waals surface area contributed by atoms with E-state index in [0.29, 0.717) is 6.04 Å². The number of anilines is 2. The number of hydrogen-bond acceptors (Lipinski definition) is 3. The fourth-order valence-electron chi connectivity index (χ4n) is 2.68. The number of nitrogens with zero attached hydrogens (tertiary/aromatic N) is 1. The fourth-order valence-corrected chi connectivity index (χ4v) is 2.68. The van der Waals surface area contributed by atoms with E-state index in [0.717, 1.165) is 17.1 Å². The zero-order valence-electron chi connectivity index (χ0n) is 11.6. The second-order valence-corrected chi connectivity index (χ2v) is 5.40. The molecule has 0 amide bonds. The van der Waals surface area contributed by atoms with Gasteiger partial charge >= 0.3 is 0 Å². The van der Waals surface area contributed by atoms with Crippen LogP contribution in [0.2, 0.25) is 0 Å². The number of hydrogen-bond donors (Lipinski definition) is 1. The first-order chi connectivity index (χ1) is 8.59. The summed E-state index contributed by atoms with van der Waals surface area (Å²) < 4.78 is 5.75. The normalized spacial score (nSPS) is 16.2. The van der Waals surface area contributed by atoms with Crippen molar-refractivity contribution in [1.29, 1.82) is 0 Å². The lowest BCUT2D eigenvalue weighted by atomic mass is 10.1. The maximum Gasteiger partial charge on any atom is 0.144 e. The zero-order chi connectivity index (χ0) is 13.1. The lowest BCUT2D eigenvalue weighted by molar-refractivity contribution is 0.244. The van der Waals surface area contributed by atoms with Crippen LogP contribution >= 0.6 is 0 Å². The van der Waals surface area contributed by atoms with Gasteiger partial charge in [-0.2, -0.15) is 0 Å². The summed E-state index contributed by atoms with van der Waals surface area (Å²) in [5, 5.41) is 0. The molecule has 1 fully saturated rings. The molecule has 0 aliphatic heterocycles. The molecule has 0 aromatic heterocycles. The third kappa shape index (κ3) is 2.71. The highest BCUT2D eigenvalue weighted by Gasteiger charge is 2.22. The van der Waals surface area contributed by atoms with E-state index in [9.17, 15) is 0 Å². The molecule has 0 saturated heterocycles. The minimum Gasteiger partial charge on any atom is -0.489 e. The molecule has 2 rings (SSSR count). The summed E-state index contributed by atoms with van der Waals surface area (Å²) in [6.07, 6.45) is 5.35. The highest BCUT2D eigenvalue weighted by atomic mass is 16.5. The van der Waals surface area contributed by atoms with Crippen molar-refractivity contribution >= 4 is 11.4 Å². The van der Waals surface area contributed by atoms with Gasteiger partial charge in [-0.05, 0) is 38.8 Å². The Kier molecular flexibility index (Phi) is 4.00. The average molecular weight is 248 g/mol. The van der Waals surface area contributed by atoms with Gasteiger partial charge in [-0.1, -0.05) is 18.9 Å². The molecule has 1 aliphatic rings. The summed E-state index contributed by atoms with van der Waals surface area (Å²) in [7, 11) is 2.14. The number of nitrogen functional groups attached to an aromatic ring is 1. The first-order valence-electron chi connectivity index (χ1n) is 6.87. The second-order valence-electron chi connectivity index (χ2n) is 5.40. The van der Waals surface area contributed by atoms with Crippen LogP contribution < -0.4 is 15.4 Å². The van der Waals surface area contributed by atoms with Gasteiger partial charge in [0, 0.05) is 13.1 Å². The highest BCUT2D eigenvalue weighted by Crippen LogP contribution is 2.35. The van der Waals surface area contributed by atoms with E-state index >= 15 is 0 Å². The summed E-state index contributed by atoms with van der Waals surface area (Å²) in [5.41, 5.74) is 8.10. The van der Waals surface area contributed by atoms with Crippen LogP contribution in [0.1, 0.15) is 39.5 Å². The Morgan fingerprint density at radius 3 is 2.56 bits per heavy atom. The first-order valence-corrected chi connectivity index (χ1v) is 6.87. The third-order valence-electron chi connectivity index (χ3n) is 3.66. The smallest absolute Gasteiger partial charge is 0.144 e. The summed E-state index contributed by atoms with van der Waals surface area (Å²) in [4.78, 5) is 2.32. The standard InChI is InChI=1S/C15H24N2O/c1-11(2)18-14-10-6-9-13(15(14)16)17(3)12-7-4-5-8-12/h6,9-12H,4-5,7-8,16H2,1-3H3. The van der Waals surface area contributed by atoms with Gasteiger partial charge < -0.3 is 15.4 Å². The molecular weight excluding hydrogens is 224 g/mol. The van der Waals surface area contributed by atoms with Crippen LogP contribution in [0.15, 0.2) is 18.2 Å². The van der Waals surface area contributed by atoms with Crippen LogP contribution in [-0.4, -0.2) is 19.2 Å². The quantitative estimate of drug-likeness (QED) is 0.830. The Bertz CT molecular complexity index is 397. The Labute approximate surface area is 110 Å². The van der Waals surface area contributed by atoms with Gasteiger partial charge in [0.1, 0.15) is 5.75 Å². The Balaban J connectivity index is 2.21. The van der Waals surface area contributed by atoms with Crippen molar-refractivity contribution in [3.8, 4) is 5.75 Å². The number of benzene rings is 1. The number of nitrogens with two attached hydrogens (primary N) is 1. The molecule has 100 valence electrons. The summed E-state index contributed by atoms with van der Waals surface area (Å²) >= 11 is 0. The lowest BCUT2D eigenvalue weighted by Crippen LogP contribution is -2.29. The number of para-hydroxylation sites is 1. The minimum atomic E-state index is 0.152. The molecule has 3 heteroatoms. The van der Waals surface area contributed by atoms with Crippen molar-refractivity contribution in [2.24, 2.45) is 0 Å². The van der Waals surface area contributed by atoms with Crippen molar-refractivity contribution in [3.63, 3.8) is 0 Å². The Morgan fingerprint density at radius 2 is 1.94 bits per heavy atom. The molecule has 0 spiro atoms. The van der Waals surface area contributed by atoms with E-state index in [4.69, 9.17) is 10.5 Å². The molecule has 0 radical (unpaired) electrons. The Morgan fingerprint density at radius 1 is 1.28 bits per heavy atom. The van der Waals surface area contributed by atoms with Crippen molar-refractivity contribution in [2.75, 3.05) is 17.7 Å². The second kappa shape index (κ2) is 5.51. The van der Waals surface area contributed by atoms with Gasteiger partial charge in [-0.3, -0.25) is 0 Å². The molecule has 0 bridgehead atoms. The van der Waals surface area contributed by atoms with E-state index in [-0.39, 0.29) is 6.10 Å². The van der Waals surface area contributed by atoms with Crippen LogP contribution in [0.25, 0.3) is 0 Å². The SMILES string of the molecule is CC(C)Oc1cccc(N(C)C2CCCC2)c1N. The third-order valence-corrected chi connectivity index (χ3v) is 3.66. The van der Waals surface area contributed by atoms with E-state index < -0.39 is 0 Å². The van der Waals surface area contributed by atoms with Gasteiger partial charge in [-0.15, -0.1) is 0 Å². The van der Waals surface area contributed by atoms with E-state index in [2.05, 4.69) is 18.0 Å².